The molecule has 20 heteroatoms. The number of anilines is 1. The molecule has 66 heavy (non-hydrogen) atoms. The van der Waals surface area contributed by atoms with Gasteiger partial charge in [-0.05, 0) is 146 Å². The molecule has 2 aliphatic rings. The van der Waals surface area contributed by atoms with E-state index in [1.807, 2.05) is 58.0 Å². The van der Waals surface area contributed by atoms with Crippen LogP contribution in [-0.2, 0) is 25.5 Å². The number of ether oxygens (including phenoxy) is 1. The molecule has 0 radical (unpaired) electrons. The van der Waals surface area contributed by atoms with E-state index in [0.29, 0.717) is 48.2 Å². The summed E-state index contributed by atoms with van der Waals surface area (Å²) >= 11 is 0. The number of hydrogen-bond acceptors (Lipinski definition) is 11. The van der Waals surface area contributed by atoms with E-state index in [1.165, 1.54) is 0 Å². The molecule has 2 aliphatic carbocycles. The molecule has 0 spiro atoms. The van der Waals surface area contributed by atoms with Crippen molar-refractivity contribution >= 4 is 35.5 Å². The van der Waals surface area contributed by atoms with E-state index in [9.17, 15) is 32.3 Å². The fraction of sp³-hybridized carbons (Fsp3) is 0.500. The Labute approximate surface area is 381 Å². The van der Waals surface area contributed by atoms with Crippen molar-refractivity contribution < 1.29 is 47.0 Å². The van der Waals surface area contributed by atoms with Gasteiger partial charge in [-0.15, -0.1) is 10.2 Å². The van der Waals surface area contributed by atoms with E-state index in [2.05, 4.69) is 55.2 Å². The number of aryl methyl sites for hydroxylation is 1. The number of carboxylic acid groups (broad SMARTS) is 1. The van der Waals surface area contributed by atoms with Crippen molar-refractivity contribution in [3.05, 3.63) is 77.6 Å². The number of rotatable bonds is 13. The van der Waals surface area contributed by atoms with E-state index in [4.69, 9.17) is 20.4 Å². The van der Waals surface area contributed by atoms with Gasteiger partial charge in [-0.25, -0.2) is 14.6 Å². The number of carbonyl (C=O) groups excluding carboxylic acids is 4. The van der Waals surface area contributed by atoms with E-state index in [1.54, 1.807) is 35.2 Å². The maximum Gasteiger partial charge on any atom is 0.490 e. The molecule has 0 bridgehead atoms. The van der Waals surface area contributed by atoms with Gasteiger partial charge in [-0.3, -0.25) is 19.3 Å². The summed E-state index contributed by atoms with van der Waals surface area (Å²) in [4.78, 5) is 70.6. The van der Waals surface area contributed by atoms with Crippen LogP contribution in [0.25, 0.3) is 22.5 Å². The molecule has 356 valence electrons. The first-order valence-electron chi connectivity index (χ1n) is 21.9. The van der Waals surface area contributed by atoms with Gasteiger partial charge in [0.1, 0.15) is 17.3 Å². The number of carboxylic acids is 1. The third-order valence-corrected chi connectivity index (χ3v) is 11.8. The minimum absolute atomic E-state index is 0.148. The van der Waals surface area contributed by atoms with Crippen LogP contribution >= 0.6 is 0 Å². The number of halogens is 3. The van der Waals surface area contributed by atoms with Crippen molar-refractivity contribution in [1.29, 1.82) is 0 Å². The third kappa shape index (κ3) is 14.3. The second-order valence-electron chi connectivity index (χ2n) is 18.0. The Kier molecular flexibility index (Phi) is 17.0. The number of aliphatic carboxylic acids is 1. The predicted octanol–water partition coefficient (Wildman–Crippen LogP) is 6.23. The maximum atomic E-state index is 14.5. The Morgan fingerprint density at radius 3 is 2.00 bits per heavy atom. The Balaban J connectivity index is 0.00000108. The predicted molar refractivity (Wildman–Crippen MR) is 239 cm³/mol. The zero-order valence-electron chi connectivity index (χ0n) is 38.0. The SMILES string of the molecule is Cc1nc(C(=O)NC2CCC(N(C)C)CC2)ccc1-c1ccc(C[C@@H](C(N)=O)N(c2ccc(-c3nn[nH]n3)cc2)C(=O)[C@H]2CC[C@H](CNC(=O)OC(C)(C)C)CC2)cc1.O=C(O)C(F)(F)F. The van der Waals surface area contributed by atoms with Crippen LogP contribution in [0.5, 0.6) is 0 Å². The molecule has 2 aromatic heterocycles. The normalized spacial score (nSPS) is 19.1. The summed E-state index contributed by atoms with van der Waals surface area (Å²) in [5.74, 6) is -3.46. The number of H-pyrrole nitrogens is 1. The number of nitrogens with one attached hydrogen (secondary N) is 3. The number of alkyl carbamates (subject to hydrolysis) is 1. The van der Waals surface area contributed by atoms with Gasteiger partial charge < -0.3 is 31.1 Å². The van der Waals surface area contributed by atoms with E-state index in [-0.39, 0.29) is 36.1 Å². The van der Waals surface area contributed by atoms with Crippen LogP contribution in [0.15, 0.2) is 60.7 Å². The lowest BCUT2D eigenvalue weighted by atomic mass is 9.81. The lowest BCUT2D eigenvalue weighted by Crippen LogP contribution is -2.52. The van der Waals surface area contributed by atoms with Gasteiger partial charge in [-0.2, -0.15) is 18.4 Å². The van der Waals surface area contributed by atoms with Crippen LogP contribution in [-0.4, -0.2) is 116 Å². The molecule has 0 unspecified atom stereocenters. The second kappa shape index (κ2) is 22.2. The van der Waals surface area contributed by atoms with Gasteiger partial charge >= 0.3 is 18.2 Å². The zero-order valence-corrected chi connectivity index (χ0v) is 38.0. The molecular formula is C46H59F3N10O7. The highest BCUT2D eigenvalue weighted by atomic mass is 19.4. The Morgan fingerprint density at radius 1 is 0.879 bits per heavy atom. The maximum absolute atomic E-state index is 14.5. The number of pyridine rings is 1. The third-order valence-electron chi connectivity index (χ3n) is 11.8. The number of nitrogens with zero attached hydrogens (tertiary/aromatic N) is 6. The topological polar surface area (TPSA) is 239 Å². The summed E-state index contributed by atoms with van der Waals surface area (Å²) in [6.07, 6.45) is 1.33. The molecule has 6 rings (SSSR count). The first-order valence-corrected chi connectivity index (χ1v) is 21.9. The number of alkyl halides is 3. The van der Waals surface area contributed by atoms with Gasteiger partial charge in [0.25, 0.3) is 5.91 Å². The number of benzene rings is 2. The summed E-state index contributed by atoms with van der Waals surface area (Å²) in [6, 6.07) is 18.3. The minimum Gasteiger partial charge on any atom is -0.475 e. The number of amides is 4. The van der Waals surface area contributed by atoms with Crippen molar-refractivity contribution in [3.8, 4) is 22.5 Å². The highest BCUT2D eigenvalue weighted by Gasteiger charge is 2.39. The fourth-order valence-corrected chi connectivity index (χ4v) is 8.22. The summed E-state index contributed by atoms with van der Waals surface area (Å²) in [7, 11) is 4.21. The van der Waals surface area contributed by atoms with Gasteiger partial charge in [0.05, 0.1) is 0 Å². The summed E-state index contributed by atoms with van der Waals surface area (Å²) in [5.41, 5.74) is 10.5. The number of aromatic nitrogens is 5. The van der Waals surface area contributed by atoms with E-state index >= 15 is 0 Å². The summed E-state index contributed by atoms with van der Waals surface area (Å²) in [6.45, 7) is 7.82. The van der Waals surface area contributed by atoms with Crippen molar-refractivity contribution in [1.82, 2.24) is 41.1 Å². The molecule has 6 N–H and O–H groups in total. The first kappa shape index (κ1) is 50.6. The standard InChI is InChI=1S/C44H58N10O5.C2HF3O2/c1-27-36(23-24-37(47-27)41(56)48-33-17-21-34(22-18-33)53(5)6)30-11-7-28(8-12-30)25-38(39(45)55)54(35-19-15-31(16-20-35)40-49-51-52-50-40)42(57)32-13-9-29(10-14-32)26-46-43(58)59-44(2,3)4;3-2(4,5)1(6)7/h7-8,11-12,15-16,19-20,23-24,29,32-34,38H,9-10,13-14,17-18,21-22,25-26H2,1-6H3,(H2,45,55)(H,46,58)(H,48,56)(H,49,50,51,52);(H,6,7)/t29-,32-,33?,34?,38-;/m0./s1. The van der Waals surface area contributed by atoms with Crippen molar-refractivity contribution in [3.63, 3.8) is 0 Å². The van der Waals surface area contributed by atoms with Crippen LogP contribution in [0.2, 0.25) is 0 Å². The molecule has 2 saturated carbocycles. The highest BCUT2D eigenvalue weighted by Crippen LogP contribution is 2.34. The molecule has 2 fully saturated rings. The van der Waals surface area contributed by atoms with Gasteiger partial charge in [0.2, 0.25) is 17.6 Å². The number of primary amides is 1. The molecule has 17 nitrogen and oxygen atoms in total. The molecule has 4 aromatic rings. The average molecular weight is 921 g/mol. The Hall–Kier alpha value is -6.44. The van der Waals surface area contributed by atoms with Crippen LogP contribution in [0.1, 0.15) is 93.9 Å². The molecular weight excluding hydrogens is 862 g/mol. The number of hydrogen-bond donors (Lipinski definition) is 5. The number of aromatic amines is 1. The van der Waals surface area contributed by atoms with E-state index in [0.717, 1.165) is 60.9 Å². The Bertz CT molecular complexity index is 2270. The average Bonchev–Trinajstić information content (AvgIpc) is 3.81. The van der Waals surface area contributed by atoms with Crippen LogP contribution < -0.4 is 21.3 Å². The zero-order chi connectivity index (χ0) is 48.3. The lowest BCUT2D eigenvalue weighted by molar-refractivity contribution is -0.192. The van der Waals surface area contributed by atoms with Gasteiger partial charge in [0, 0.05) is 53.5 Å². The van der Waals surface area contributed by atoms with Gasteiger partial charge in [-0.1, -0.05) is 30.3 Å². The second-order valence-corrected chi connectivity index (χ2v) is 18.0. The first-order chi connectivity index (χ1) is 31.1. The highest BCUT2D eigenvalue weighted by molar-refractivity contribution is 6.02. The van der Waals surface area contributed by atoms with Crippen LogP contribution in [0.4, 0.5) is 23.7 Å². The molecule has 2 aromatic carbocycles. The van der Waals surface area contributed by atoms with E-state index < -0.39 is 35.8 Å². The van der Waals surface area contributed by atoms with Crippen LogP contribution in [0, 0.1) is 18.8 Å². The monoisotopic (exact) mass is 920 g/mol. The smallest absolute Gasteiger partial charge is 0.475 e. The quantitative estimate of drug-likeness (QED) is 0.100. The van der Waals surface area contributed by atoms with Crippen molar-refractivity contribution in [2.75, 3.05) is 25.5 Å². The largest absolute Gasteiger partial charge is 0.490 e. The number of nitrogens with two attached hydrogens (primary N) is 1. The van der Waals surface area contributed by atoms with Crippen molar-refractivity contribution in [2.24, 2.45) is 17.6 Å². The number of tetrazole rings is 1. The van der Waals surface area contributed by atoms with Crippen LogP contribution in [0.3, 0.4) is 0 Å². The van der Waals surface area contributed by atoms with Gasteiger partial charge in [0.15, 0.2) is 0 Å². The molecule has 0 saturated heterocycles. The lowest BCUT2D eigenvalue weighted by Gasteiger charge is -2.36. The summed E-state index contributed by atoms with van der Waals surface area (Å²) in [5, 5.41) is 27.4. The van der Waals surface area contributed by atoms with Crippen molar-refractivity contribution in [2.45, 2.75) is 115 Å². The number of carbonyl (C=O) groups is 5. The minimum atomic E-state index is -5.08. The molecule has 4 amide bonds. The Morgan fingerprint density at radius 2 is 1.48 bits per heavy atom. The fourth-order valence-electron chi connectivity index (χ4n) is 8.22. The molecule has 2 heterocycles. The molecule has 0 aliphatic heterocycles. The molecule has 1 atom stereocenters. The summed E-state index contributed by atoms with van der Waals surface area (Å²) < 4.78 is 37.1.